The van der Waals surface area contributed by atoms with Gasteiger partial charge in [-0.2, -0.15) is 0 Å². The fourth-order valence-corrected chi connectivity index (χ4v) is 8.38. The van der Waals surface area contributed by atoms with Crippen LogP contribution in [0.15, 0.2) is 62.6 Å². The Labute approximate surface area is 194 Å². The Morgan fingerprint density at radius 3 is 2.53 bits per heavy atom. The first-order chi connectivity index (χ1) is 15.2. The maximum absolute atomic E-state index is 13.6. The van der Waals surface area contributed by atoms with E-state index in [-0.39, 0.29) is 22.0 Å². The zero-order valence-electron chi connectivity index (χ0n) is 18.1. The van der Waals surface area contributed by atoms with Gasteiger partial charge in [0.1, 0.15) is 0 Å². The molecule has 2 N–H and O–H groups in total. The van der Waals surface area contributed by atoms with Crippen molar-refractivity contribution in [2.75, 3.05) is 5.32 Å². The Kier molecular flexibility index (Phi) is 6.19. The number of nitrogens with zero attached hydrogens (tertiary/aromatic N) is 2. The first-order valence-corrected chi connectivity index (χ1v) is 14.1. The van der Waals surface area contributed by atoms with E-state index in [0.29, 0.717) is 28.4 Å². The molecule has 1 radical (unpaired) electrons. The van der Waals surface area contributed by atoms with Crippen LogP contribution in [0.1, 0.15) is 32.8 Å². The quantitative estimate of drug-likeness (QED) is 0.487. The Bertz CT molecular complexity index is 1380. The van der Waals surface area contributed by atoms with Crippen LogP contribution >= 0.6 is 0 Å². The fourth-order valence-electron chi connectivity index (χ4n) is 3.88. The number of benzene rings is 2. The first kappa shape index (κ1) is 22.6. The van der Waals surface area contributed by atoms with Crippen LogP contribution in [0.2, 0.25) is 5.21 Å². The van der Waals surface area contributed by atoms with Gasteiger partial charge in [-0.25, -0.2) is 0 Å². The summed E-state index contributed by atoms with van der Waals surface area (Å²) in [6.07, 6.45) is 1.02. The second-order valence-electron chi connectivity index (χ2n) is 8.13. The summed E-state index contributed by atoms with van der Waals surface area (Å²) in [6.45, 7) is 6.51. The summed E-state index contributed by atoms with van der Waals surface area (Å²) in [5.41, 5.74) is 0.433. The number of amidine groups is 1. The zero-order valence-corrected chi connectivity index (χ0v) is 20.8. The summed E-state index contributed by atoms with van der Waals surface area (Å²) in [5, 5.41) is 15.3. The molecule has 0 unspecified atom stereocenters. The summed E-state index contributed by atoms with van der Waals surface area (Å²) in [7, 11) is -4.01. The van der Waals surface area contributed by atoms with Gasteiger partial charge in [0, 0.05) is 0 Å². The molecule has 3 aromatic rings. The zero-order chi connectivity index (χ0) is 23.0. The SMILES string of the molecule is CC[C@@H](C[As]n1c(=O)c(C2=NS(=O)(=O)c3ccccc3N2)c(O)c2ccccc21)C(C)C. The normalized spacial score (nSPS) is 16.2. The van der Waals surface area contributed by atoms with Crippen LogP contribution in [0.5, 0.6) is 5.75 Å². The molecule has 7 nitrogen and oxygen atoms in total. The van der Waals surface area contributed by atoms with Crippen LogP contribution in [0.4, 0.5) is 5.69 Å². The van der Waals surface area contributed by atoms with Crippen molar-refractivity contribution in [2.45, 2.75) is 37.3 Å². The molecule has 4 rings (SSSR count). The fraction of sp³-hybridized carbons (Fsp3) is 0.304. The molecule has 0 saturated heterocycles. The number of sulfonamides is 1. The van der Waals surface area contributed by atoms with Gasteiger partial charge in [-0.05, 0) is 0 Å². The van der Waals surface area contributed by atoms with E-state index in [1.54, 1.807) is 33.8 Å². The van der Waals surface area contributed by atoms with E-state index in [2.05, 4.69) is 30.5 Å². The second-order valence-corrected chi connectivity index (χ2v) is 11.9. The van der Waals surface area contributed by atoms with Crippen molar-refractivity contribution in [3.8, 4) is 5.75 Å². The van der Waals surface area contributed by atoms with Gasteiger partial charge in [-0.3, -0.25) is 0 Å². The van der Waals surface area contributed by atoms with E-state index in [1.807, 2.05) is 12.1 Å². The Balaban J connectivity index is 1.90. The summed E-state index contributed by atoms with van der Waals surface area (Å²) < 4.78 is 31.1. The molecule has 0 bridgehead atoms. The number of hydrogen-bond donors (Lipinski definition) is 2. The molecular weight excluding hydrogens is 489 g/mol. The van der Waals surface area contributed by atoms with Crippen molar-refractivity contribution < 1.29 is 13.5 Å². The molecule has 0 saturated carbocycles. The van der Waals surface area contributed by atoms with Crippen LogP contribution in [0.3, 0.4) is 0 Å². The van der Waals surface area contributed by atoms with Crippen molar-refractivity contribution >= 4 is 48.4 Å². The van der Waals surface area contributed by atoms with Crippen LogP contribution < -0.4 is 10.9 Å². The molecule has 32 heavy (non-hydrogen) atoms. The molecule has 2 heterocycles. The van der Waals surface area contributed by atoms with E-state index < -0.39 is 31.6 Å². The van der Waals surface area contributed by atoms with Crippen molar-refractivity contribution in [1.29, 1.82) is 0 Å². The van der Waals surface area contributed by atoms with Gasteiger partial charge < -0.3 is 0 Å². The molecule has 167 valence electrons. The summed E-state index contributed by atoms with van der Waals surface area (Å²) in [4.78, 5) is 13.6. The predicted molar refractivity (Wildman–Crippen MR) is 128 cm³/mol. The van der Waals surface area contributed by atoms with Gasteiger partial charge in [-0.1, -0.05) is 0 Å². The number of para-hydroxylation sites is 2. The number of fused-ring (bicyclic) bond motifs is 2. The van der Waals surface area contributed by atoms with Gasteiger partial charge in [0.05, 0.1) is 0 Å². The summed E-state index contributed by atoms with van der Waals surface area (Å²) >= 11 is -0.568. The van der Waals surface area contributed by atoms with Crippen molar-refractivity contribution in [2.24, 2.45) is 16.2 Å². The topological polar surface area (TPSA) is 101 Å². The number of aromatic nitrogens is 1. The van der Waals surface area contributed by atoms with Crippen LogP contribution in [-0.4, -0.2) is 38.8 Å². The van der Waals surface area contributed by atoms with Crippen LogP contribution in [-0.2, 0) is 10.0 Å². The van der Waals surface area contributed by atoms with E-state index in [1.165, 1.54) is 6.07 Å². The van der Waals surface area contributed by atoms with Gasteiger partial charge in [0.15, 0.2) is 0 Å². The number of anilines is 1. The van der Waals surface area contributed by atoms with Crippen LogP contribution in [0, 0.1) is 11.8 Å². The molecule has 1 aromatic heterocycles. The monoisotopic (exact) mass is 514 g/mol. The average molecular weight is 514 g/mol. The molecular formula is C23H25AsN3O4S. The second kappa shape index (κ2) is 8.75. The summed E-state index contributed by atoms with van der Waals surface area (Å²) in [5.74, 6) is 0.567. The van der Waals surface area contributed by atoms with E-state index in [9.17, 15) is 18.3 Å². The van der Waals surface area contributed by atoms with E-state index in [4.69, 9.17) is 0 Å². The Hall–Kier alpha value is -2.57. The van der Waals surface area contributed by atoms with E-state index >= 15 is 0 Å². The number of rotatable bonds is 6. The molecule has 1 aliphatic heterocycles. The molecule has 1 aliphatic rings. The molecule has 0 spiro atoms. The number of nitrogens with one attached hydrogen (secondary N) is 1. The molecule has 0 amide bonds. The number of aromatic hydroxyl groups is 1. The third-order valence-corrected chi connectivity index (χ3v) is 9.91. The minimum absolute atomic E-state index is 0.0402. The molecule has 0 aliphatic carbocycles. The third-order valence-electron chi connectivity index (χ3n) is 5.82. The minimum atomic E-state index is -4.01. The Morgan fingerprint density at radius 1 is 1.12 bits per heavy atom. The molecule has 9 heteroatoms. The average Bonchev–Trinajstić information content (AvgIpc) is 2.75. The maximum atomic E-state index is 13.6. The van der Waals surface area contributed by atoms with Gasteiger partial charge in [0.25, 0.3) is 0 Å². The standard InChI is InChI=1S/C23H25AsN3O4S/c1-4-15(14(2)3)13-24-27-18-11-7-5-9-16(18)21(28)20(23(27)29)22-25-17-10-6-8-12-19(17)32(30,31)26-22/h5-12,14-15,28H,4,13H2,1-3H3,(H,25,26)/t15-/m0/s1. The molecule has 1 atom stereocenters. The summed E-state index contributed by atoms with van der Waals surface area (Å²) in [6, 6.07) is 13.5. The van der Waals surface area contributed by atoms with Gasteiger partial charge in [-0.15, -0.1) is 0 Å². The van der Waals surface area contributed by atoms with Crippen molar-refractivity contribution in [1.82, 2.24) is 3.48 Å². The van der Waals surface area contributed by atoms with Crippen LogP contribution in [0.25, 0.3) is 10.9 Å². The van der Waals surface area contributed by atoms with E-state index in [0.717, 1.165) is 11.6 Å². The molecule has 0 fully saturated rings. The predicted octanol–water partition coefficient (Wildman–Crippen LogP) is 3.84. The number of hydrogen-bond acceptors (Lipinski definition) is 5. The Morgan fingerprint density at radius 2 is 1.81 bits per heavy atom. The first-order valence-electron chi connectivity index (χ1n) is 10.5. The van der Waals surface area contributed by atoms with Crippen molar-refractivity contribution in [3.05, 3.63) is 64.4 Å². The van der Waals surface area contributed by atoms with Gasteiger partial charge in [0.2, 0.25) is 0 Å². The number of pyridine rings is 1. The van der Waals surface area contributed by atoms with Crippen molar-refractivity contribution in [3.63, 3.8) is 0 Å². The third kappa shape index (κ3) is 3.97. The molecule has 2 aromatic carbocycles. The van der Waals surface area contributed by atoms with Gasteiger partial charge >= 0.3 is 194 Å².